The van der Waals surface area contributed by atoms with E-state index < -0.39 is 0 Å². The van der Waals surface area contributed by atoms with E-state index >= 15 is 0 Å². The SMILES string of the molecule is COC(=O)c1cccc(-c2ccc(C)cc2)c1. The fourth-order valence-electron chi connectivity index (χ4n) is 1.69. The fraction of sp³-hybridized carbons (Fsp3) is 0.133. The van der Waals surface area contributed by atoms with Gasteiger partial charge in [0.25, 0.3) is 0 Å². The summed E-state index contributed by atoms with van der Waals surface area (Å²) in [5.41, 5.74) is 3.91. The van der Waals surface area contributed by atoms with Gasteiger partial charge in [-0.15, -0.1) is 0 Å². The molecule has 0 amide bonds. The molecule has 2 aromatic carbocycles. The van der Waals surface area contributed by atoms with Crippen LogP contribution in [0, 0.1) is 6.92 Å². The van der Waals surface area contributed by atoms with Gasteiger partial charge in [-0.1, -0.05) is 42.0 Å². The summed E-state index contributed by atoms with van der Waals surface area (Å²) in [5.74, 6) is -0.307. The highest BCUT2D eigenvalue weighted by molar-refractivity contribution is 5.90. The first-order valence-corrected chi connectivity index (χ1v) is 5.46. The molecule has 2 aromatic rings. The van der Waals surface area contributed by atoms with E-state index in [9.17, 15) is 4.79 Å². The molecule has 86 valence electrons. The zero-order valence-corrected chi connectivity index (χ0v) is 9.94. The van der Waals surface area contributed by atoms with Crippen molar-refractivity contribution >= 4 is 5.97 Å². The smallest absolute Gasteiger partial charge is 0.337 e. The Labute approximate surface area is 101 Å². The molecule has 0 aliphatic rings. The van der Waals surface area contributed by atoms with E-state index in [1.807, 2.05) is 30.3 Å². The third-order valence-electron chi connectivity index (χ3n) is 2.67. The second-order valence-corrected chi connectivity index (χ2v) is 3.94. The van der Waals surface area contributed by atoms with E-state index in [0.29, 0.717) is 5.56 Å². The Balaban J connectivity index is 2.39. The summed E-state index contributed by atoms with van der Waals surface area (Å²) < 4.78 is 4.71. The maximum Gasteiger partial charge on any atom is 0.337 e. The van der Waals surface area contributed by atoms with Gasteiger partial charge >= 0.3 is 5.97 Å². The zero-order valence-electron chi connectivity index (χ0n) is 9.94. The average Bonchev–Trinajstić information content (AvgIpc) is 2.39. The standard InChI is InChI=1S/C15H14O2/c1-11-6-8-12(9-7-11)13-4-3-5-14(10-13)15(16)17-2/h3-10H,1-2H3. The van der Waals surface area contributed by atoms with Gasteiger partial charge in [-0.05, 0) is 30.2 Å². The van der Waals surface area contributed by atoms with Crippen LogP contribution in [0.2, 0.25) is 0 Å². The minimum atomic E-state index is -0.307. The first kappa shape index (κ1) is 11.4. The molecule has 0 aliphatic carbocycles. The molecule has 0 bridgehead atoms. The maximum absolute atomic E-state index is 11.4. The normalized spacial score (nSPS) is 10.0. The third kappa shape index (κ3) is 2.53. The van der Waals surface area contributed by atoms with E-state index in [2.05, 4.69) is 19.1 Å². The van der Waals surface area contributed by atoms with Gasteiger partial charge in [-0.2, -0.15) is 0 Å². The van der Waals surface area contributed by atoms with Gasteiger partial charge in [0.15, 0.2) is 0 Å². The Hall–Kier alpha value is -2.09. The molecule has 0 aromatic heterocycles. The van der Waals surface area contributed by atoms with Gasteiger partial charge in [0.1, 0.15) is 0 Å². The van der Waals surface area contributed by atoms with Crippen molar-refractivity contribution in [3.05, 3.63) is 59.7 Å². The van der Waals surface area contributed by atoms with E-state index in [1.54, 1.807) is 6.07 Å². The van der Waals surface area contributed by atoms with Crippen LogP contribution in [0.25, 0.3) is 11.1 Å². The molecule has 0 saturated carbocycles. The van der Waals surface area contributed by atoms with E-state index in [1.165, 1.54) is 12.7 Å². The Morgan fingerprint density at radius 3 is 2.35 bits per heavy atom. The van der Waals surface area contributed by atoms with Crippen molar-refractivity contribution in [2.45, 2.75) is 6.92 Å². The van der Waals surface area contributed by atoms with Crippen molar-refractivity contribution < 1.29 is 9.53 Å². The first-order chi connectivity index (χ1) is 8.20. The quantitative estimate of drug-likeness (QED) is 0.733. The van der Waals surface area contributed by atoms with Crippen molar-refractivity contribution in [1.82, 2.24) is 0 Å². The Morgan fingerprint density at radius 2 is 1.71 bits per heavy atom. The Bertz CT molecular complexity index is 527. The summed E-state index contributed by atoms with van der Waals surface area (Å²) in [7, 11) is 1.39. The Kier molecular flexibility index (Phi) is 3.24. The average molecular weight is 226 g/mol. The van der Waals surface area contributed by atoms with Gasteiger partial charge in [-0.25, -0.2) is 4.79 Å². The first-order valence-electron chi connectivity index (χ1n) is 5.46. The molecule has 2 nitrogen and oxygen atoms in total. The van der Waals surface area contributed by atoms with Crippen LogP contribution in [-0.4, -0.2) is 13.1 Å². The fourth-order valence-corrected chi connectivity index (χ4v) is 1.69. The summed E-state index contributed by atoms with van der Waals surface area (Å²) in [6.45, 7) is 2.05. The molecule has 0 radical (unpaired) electrons. The molecule has 17 heavy (non-hydrogen) atoms. The molecule has 2 rings (SSSR count). The summed E-state index contributed by atoms with van der Waals surface area (Å²) in [5, 5.41) is 0. The summed E-state index contributed by atoms with van der Waals surface area (Å²) in [4.78, 5) is 11.4. The van der Waals surface area contributed by atoms with E-state index in [0.717, 1.165) is 11.1 Å². The van der Waals surface area contributed by atoms with Crippen LogP contribution in [0.5, 0.6) is 0 Å². The highest BCUT2D eigenvalue weighted by Gasteiger charge is 2.06. The Morgan fingerprint density at radius 1 is 1.00 bits per heavy atom. The molecule has 0 N–H and O–H groups in total. The van der Waals surface area contributed by atoms with Gasteiger partial charge in [0.05, 0.1) is 12.7 Å². The van der Waals surface area contributed by atoms with Gasteiger partial charge in [0, 0.05) is 0 Å². The second-order valence-electron chi connectivity index (χ2n) is 3.94. The van der Waals surface area contributed by atoms with Crippen molar-refractivity contribution in [1.29, 1.82) is 0 Å². The minimum Gasteiger partial charge on any atom is -0.465 e. The number of methoxy groups -OCH3 is 1. The van der Waals surface area contributed by atoms with Crippen LogP contribution in [-0.2, 0) is 4.74 Å². The van der Waals surface area contributed by atoms with E-state index in [4.69, 9.17) is 4.74 Å². The number of carbonyl (C=O) groups excluding carboxylic acids is 1. The number of rotatable bonds is 2. The lowest BCUT2D eigenvalue weighted by Gasteiger charge is -2.04. The lowest BCUT2D eigenvalue weighted by molar-refractivity contribution is 0.0601. The van der Waals surface area contributed by atoms with Crippen molar-refractivity contribution in [2.24, 2.45) is 0 Å². The summed E-state index contributed by atoms with van der Waals surface area (Å²) in [6, 6.07) is 15.6. The lowest BCUT2D eigenvalue weighted by Crippen LogP contribution is -2.00. The lowest BCUT2D eigenvalue weighted by atomic mass is 10.0. The zero-order chi connectivity index (χ0) is 12.3. The molecule has 0 unspecified atom stereocenters. The number of hydrogen-bond acceptors (Lipinski definition) is 2. The van der Waals surface area contributed by atoms with Crippen molar-refractivity contribution in [2.75, 3.05) is 7.11 Å². The number of esters is 1. The molecule has 2 heteroatoms. The molecular weight excluding hydrogens is 212 g/mol. The summed E-state index contributed by atoms with van der Waals surface area (Å²) >= 11 is 0. The maximum atomic E-state index is 11.4. The molecule has 0 atom stereocenters. The third-order valence-corrected chi connectivity index (χ3v) is 2.67. The molecule has 0 aliphatic heterocycles. The van der Waals surface area contributed by atoms with Gasteiger partial charge in [-0.3, -0.25) is 0 Å². The molecule has 0 fully saturated rings. The predicted octanol–water partition coefficient (Wildman–Crippen LogP) is 3.45. The van der Waals surface area contributed by atoms with Crippen molar-refractivity contribution in [3.63, 3.8) is 0 Å². The minimum absolute atomic E-state index is 0.307. The topological polar surface area (TPSA) is 26.3 Å². The molecule has 0 heterocycles. The number of benzene rings is 2. The molecular formula is C15H14O2. The van der Waals surface area contributed by atoms with Crippen LogP contribution in [0.3, 0.4) is 0 Å². The number of carbonyl (C=O) groups is 1. The highest BCUT2D eigenvalue weighted by atomic mass is 16.5. The van der Waals surface area contributed by atoms with Gasteiger partial charge < -0.3 is 4.74 Å². The number of aryl methyl sites for hydroxylation is 1. The number of ether oxygens (including phenoxy) is 1. The van der Waals surface area contributed by atoms with Crippen molar-refractivity contribution in [3.8, 4) is 11.1 Å². The largest absolute Gasteiger partial charge is 0.465 e. The monoisotopic (exact) mass is 226 g/mol. The van der Waals surface area contributed by atoms with E-state index in [-0.39, 0.29) is 5.97 Å². The van der Waals surface area contributed by atoms with Crippen LogP contribution in [0.15, 0.2) is 48.5 Å². The van der Waals surface area contributed by atoms with Crippen LogP contribution in [0.4, 0.5) is 0 Å². The molecule has 0 saturated heterocycles. The van der Waals surface area contributed by atoms with Crippen LogP contribution < -0.4 is 0 Å². The predicted molar refractivity (Wildman–Crippen MR) is 68.0 cm³/mol. The van der Waals surface area contributed by atoms with Crippen LogP contribution in [0.1, 0.15) is 15.9 Å². The highest BCUT2D eigenvalue weighted by Crippen LogP contribution is 2.21. The van der Waals surface area contributed by atoms with Crippen LogP contribution >= 0.6 is 0 Å². The number of hydrogen-bond donors (Lipinski definition) is 0. The van der Waals surface area contributed by atoms with Gasteiger partial charge in [0.2, 0.25) is 0 Å². The molecule has 0 spiro atoms. The summed E-state index contributed by atoms with van der Waals surface area (Å²) in [6.07, 6.45) is 0. The second kappa shape index (κ2) is 4.83.